The molecule has 0 aromatic heterocycles. The molecule has 1 aromatic carbocycles. The van der Waals surface area contributed by atoms with Crippen LogP contribution in [-0.4, -0.2) is 121 Å². The van der Waals surface area contributed by atoms with Crippen molar-refractivity contribution < 1.29 is 14.9 Å². The Labute approximate surface area is 244 Å². The van der Waals surface area contributed by atoms with Gasteiger partial charge in [0, 0.05) is 19.6 Å². The minimum atomic E-state index is -0.951. The molecule has 7 N–H and O–H groups in total. The third kappa shape index (κ3) is 5.17. The smallest absolute Gasteiger partial charge is 0.142 e. The Morgan fingerprint density at radius 1 is 1.10 bits per heavy atom. The van der Waals surface area contributed by atoms with Crippen molar-refractivity contribution in [2.75, 3.05) is 50.7 Å². The number of anilines is 2. The van der Waals surface area contributed by atoms with E-state index >= 15 is 0 Å². The van der Waals surface area contributed by atoms with Crippen molar-refractivity contribution in [3.05, 3.63) is 23.8 Å². The molecule has 0 radical (unpaired) electrons. The predicted molar refractivity (Wildman–Crippen MR) is 159 cm³/mol. The molecule has 2 saturated carbocycles. The first kappa shape index (κ1) is 28.2. The van der Waals surface area contributed by atoms with Crippen LogP contribution in [0.15, 0.2) is 18.2 Å². The molecule has 3 saturated heterocycles. The molecule has 8 atom stereocenters. The molecule has 228 valence electrons. The minimum absolute atomic E-state index is 0.0217. The van der Waals surface area contributed by atoms with Gasteiger partial charge in [-0.25, -0.2) is 4.90 Å². The van der Waals surface area contributed by atoms with Crippen molar-refractivity contribution in [2.45, 2.75) is 106 Å². The maximum atomic E-state index is 11.0. The number of rotatable bonds is 9. The Balaban J connectivity index is 0.880. The fourth-order valence-electron chi connectivity index (χ4n) is 7.97. The van der Waals surface area contributed by atoms with E-state index in [0.29, 0.717) is 32.1 Å². The molecule has 1 aromatic rings. The van der Waals surface area contributed by atoms with Crippen LogP contribution in [0, 0.1) is 5.92 Å². The average molecular weight is 571 g/mol. The van der Waals surface area contributed by atoms with Crippen molar-refractivity contribution in [2.24, 2.45) is 11.7 Å². The van der Waals surface area contributed by atoms with E-state index in [4.69, 9.17) is 10.5 Å². The Bertz CT molecular complexity index is 1090. The molecule has 5 fully saturated rings. The number of benzene rings is 1. The molecule has 11 heteroatoms. The van der Waals surface area contributed by atoms with Gasteiger partial charge in [-0.3, -0.25) is 15.5 Å². The van der Waals surface area contributed by atoms with E-state index in [-0.39, 0.29) is 18.4 Å². The summed E-state index contributed by atoms with van der Waals surface area (Å²) in [5.41, 5.74) is 10.5. The zero-order chi connectivity index (χ0) is 28.4. The number of nitrogens with one attached hydrogen (secondary N) is 3. The molecule has 6 aliphatic rings. The summed E-state index contributed by atoms with van der Waals surface area (Å²) in [4.78, 5) is 9.20. The molecule has 2 aliphatic carbocycles. The maximum Gasteiger partial charge on any atom is 0.142 e. The van der Waals surface area contributed by atoms with Crippen LogP contribution in [0.4, 0.5) is 11.4 Å². The zero-order valence-electron chi connectivity index (χ0n) is 24.8. The Kier molecular flexibility index (Phi) is 7.71. The van der Waals surface area contributed by atoms with Gasteiger partial charge >= 0.3 is 0 Å². The largest absolute Gasteiger partial charge is 0.387 e. The van der Waals surface area contributed by atoms with E-state index in [0.717, 1.165) is 24.8 Å². The summed E-state index contributed by atoms with van der Waals surface area (Å²) in [5.74, 6) is 1.51. The molecule has 7 rings (SSSR count). The number of aliphatic hydroxyl groups is 2. The second-order valence-corrected chi connectivity index (χ2v) is 13.5. The highest BCUT2D eigenvalue weighted by atomic mass is 16.6. The van der Waals surface area contributed by atoms with E-state index in [1.165, 1.54) is 49.0 Å². The molecule has 4 unspecified atom stereocenters. The van der Waals surface area contributed by atoms with Crippen LogP contribution >= 0.6 is 0 Å². The first-order valence-corrected chi connectivity index (χ1v) is 15.9. The van der Waals surface area contributed by atoms with Crippen molar-refractivity contribution in [1.29, 1.82) is 0 Å². The van der Waals surface area contributed by atoms with E-state index in [9.17, 15) is 10.2 Å². The fraction of sp³-hybridized carbons (Fsp3) is 0.800. The summed E-state index contributed by atoms with van der Waals surface area (Å²) in [6.45, 7) is 4.87. The van der Waals surface area contributed by atoms with Gasteiger partial charge in [-0.2, -0.15) is 0 Å². The normalized spacial score (nSPS) is 41.0. The van der Waals surface area contributed by atoms with Gasteiger partial charge in [0.05, 0.1) is 49.3 Å². The lowest BCUT2D eigenvalue weighted by Gasteiger charge is -2.45. The van der Waals surface area contributed by atoms with E-state index in [2.05, 4.69) is 74.8 Å². The Morgan fingerprint density at radius 3 is 2.66 bits per heavy atom. The number of likely N-dealkylation sites (N-methyl/N-ethyl adjacent to an activating group) is 2. The van der Waals surface area contributed by atoms with Crippen molar-refractivity contribution >= 4 is 11.4 Å². The van der Waals surface area contributed by atoms with Gasteiger partial charge < -0.3 is 35.8 Å². The molecule has 11 nitrogen and oxygen atoms in total. The minimum Gasteiger partial charge on any atom is -0.387 e. The lowest BCUT2D eigenvalue weighted by molar-refractivity contribution is -0.131. The molecule has 0 spiro atoms. The fourth-order valence-corrected chi connectivity index (χ4v) is 7.97. The van der Waals surface area contributed by atoms with Gasteiger partial charge in [-0.1, -0.05) is 13.0 Å². The number of nitrogens with two attached hydrogens (primary N) is 1. The summed E-state index contributed by atoms with van der Waals surface area (Å²) in [6, 6.07) is 7.51. The second kappa shape index (κ2) is 11.2. The number of hydrogen-bond acceptors (Lipinski definition) is 11. The quantitative estimate of drug-likeness (QED) is 0.247. The molecular weight excluding hydrogens is 520 g/mol. The van der Waals surface area contributed by atoms with Crippen molar-refractivity contribution in [3.63, 3.8) is 0 Å². The van der Waals surface area contributed by atoms with Gasteiger partial charge in [-0.05, 0) is 81.6 Å². The molecule has 4 heterocycles. The number of ether oxygens (including phenoxy) is 1. The monoisotopic (exact) mass is 570 g/mol. The first-order valence-electron chi connectivity index (χ1n) is 15.9. The molecule has 41 heavy (non-hydrogen) atoms. The number of fused-ring (bicyclic) bond motifs is 2. The topological polar surface area (TPSA) is 125 Å². The Morgan fingerprint density at radius 2 is 1.90 bits per heavy atom. The zero-order valence-corrected chi connectivity index (χ0v) is 24.8. The van der Waals surface area contributed by atoms with Crippen LogP contribution in [0.3, 0.4) is 0 Å². The van der Waals surface area contributed by atoms with E-state index in [1.54, 1.807) is 0 Å². The lowest BCUT2D eigenvalue weighted by Crippen LogP contribution is -2.69. The average Bonchev–Trinajstić information content (AvgIpc) is 3.55. The van der Waals surface area contributed by atoms with Crippen LogP contribution in [-0.2, 0) is 4.74 Å². The van der Waals surface area contributed by atoms with Crippen molar-refractivity contribution in [3.8, 4) is 0 Å². The standard InChI is InChI=1S/C30H50N8O3/c1-4-37-15-33-28(31)25-29(37)38(16-32-25)30-27(40)26(39)23(41-30)14-35(2)20-11-17(12-20)5-10-24-34-21-9-8-19(18-6-7-18)13-22(21)36(24)3/h8-9,13,17-18,20,23-30,32-34,39-40H,4-7,10-12,14-16,31H2,1-3H3/t17-,20+,23-,24?,25?,26-,27-,28?,29?,30-/m1/s1. The highest BCUT2D eigenvalue weighted by Gasteiger charge is 2.53. The lowest BCUT2D eigenvalue weighted by atomic mass is 9.76. The van der Waals surface area contributed by atoms with Gasteiger partial charge in [-0.15, -0.1) is 0 Å². The molecule has 0 bridgehead atoms. The summed E-state index contributed by atoms with van der Waals surface area (Å²) >= 11 is 0. The second-order valence-electron chi connectivity index (χ2n) is 13.5. The third-order valence-electron chi connectivity index (χ3n) is 10.9. The first-order chi connectivity index (χ1) is 19.8. The molecular formula is C30H50N8O3. The maximum absolute atomic E-state index is 11.0. The van der Waals surface area contributed by atoms with Gasteiger partial charge in [0.1, 0.15) is 24.5 Å². The summed E-state index contributed by atoms with van der Waals surface area (Å²) in [7, 11) is 4.36. The van der Waals surface area contributed by atoms with Crippen LogP contribution in [0.2, 0.25) is 0 Å². The van der Waals surface area contributed by atoms with E-state index in [1.807, 2.05) is 0 Å². The SMILES string of the molecule is CCN1CNC(N)C2NCN([C@@H]3O[C@H](CN(C)[C@H]4C[C@@H](CCC5Nc6ccc(C7CC7)cc6N5C)C4)[C@@H](O)[C@H]3O)C21. The van der Waals surface area contributed by atoms with Gasteiger partial charge in [0.15, 0.2) is 0 Å². The molecule has 0 amide bonds. The van der Waals surface area contributed by atoms with Crippen LogP contribution in [0.5, 0.6) is 0 Å². The number of aliphatic hydroxyl groups excluding tert-OH is 2. The van der Waals surface area contributed by atoms with Gasteiger partial charge in [0.2, 0.25) is 0 Å². The van der Waals surface area contributed by atoms with Gasteiger partial charge in [0.25, 0.3) is 0 Å². The highest BCUT2D eigenvalue weighted by molar-refractivity contribution is 5.76. The van der Waals surface area contributed by atoms with Crippen LogP contribution in [0.25, 0.3) is 0 Å². The highest BCUT2D eigenvalue weighted by Crippen LogP contribution is 2.45. The molecule has 4 aliphatic heterocycles. The van der Waals surface area contributed by atoms with Crippen LogP contribution < -0.4 is 26.6 Å². The summed E-state index contributed by atoms with van der Waals surface area (Å²) in [5, 5.41) is 32.6. The Hall–Kier alpha value is -1.54. The third-order valence-corrected chi connectivity index (χ3v) is 10.9. The summed E-state index contributed by atoms with van der Waals surface area (Å²) in [6.07, 6.45) is 4.79. The number of hydrogen-bond donors (Lipinski definition) is 6. The van der Waals surface area contributed by atoms with E-state index < -0.39 is 24.5 Å². The summed E-state index contributed by atoms with van der Waals surface area (Å²) < 4.78 is 6.39. The van der Waals surface area contributed by atoms with Crippen molar-refractivity contribution in [1.82, 2.24) is 25.3 Å². The predicted octanol–water partition coefficient (Wildman–Crippen LogP) is 0.414. The number of nitrogens with zero attached hydrogens (tertiary/aromatic N) is 4. The van der Waals surface area contributed by atoms with Crippen LogP contribution in [0.1, 0.15) is 56.9 Å².